The molecule has 0 aliphatic carbocycles. The van der Waals surface area contributed by atoms with Crippen molar-refractivity contribution < 1.29 is 29.3 Å². The number of hydroxylamine groups is 3. The lowest BCUT2D eigenvalue weighted by Gasteiger charge is -2.44. The molecule has 0 unspecified atom stereocenters. The van der Waals surface area contributed by atoms with Crippen molar-refractivity contribution in [3.05, 3.63) is 11.3 Å². The maximum absolute atomic E-state index is 12.1. The Hall–Kier alpha value is -1.44. The first kappa shape index (κ1) is 14.5. The second-order valence-electron chi connectivity index (χ2n) is 6.61. The number of aliphatic carboxylic acids is 1. The van der Waals surface area contributed by atoms with Crippen molar-refractivity contribution in [2.75, 3.05) is 20.6 Å². The summed E-state index contributed by atoms with van der Waals surface area (Å²) in [6.07, 6.45) is 0.199. The molecule has 0 radical (unpaired) electrons. The Balaban J connectivity index is 1.90. The van der Waals surface area contributed by atoms with Crippen LogP contribution in [-0.4, -0.2) is 70.5 Å². The maximum Gasteiger partial charge on any atom is 0.352 e. The zero-order valence-corrected chi connectivity index (χ0v) is 12.4. The van der Waals surface area contributed by atoms with Crippen molar-refractivity contribution in [1.29, 1.82) is 0 Å². The molecule has 3 aliphatic heterocycles. The van der Waals surface area contributed by atoms with Gasteiger partial charge in [0.25, 0.3) is 0 Å². The third kappa shape index (κ3) is 2.07. The predicted molar refractivity (Wildman–Crippen MR) is 71.5 cm³/mol. The molecule has 0 aromatic carbocycles. The average Bonchev–Trinajstić information content (AvgIpc) is 2.86. The number of hydrogen-bond acceptors (Lipinski definition) is 4. The van der Waals surface area contributed by atoms with Gasteiger partial charge in [0.2, 0.25) is 5.91 Å². The Morgan fingerprint density at radius 2 is 2.14 bits per heavy atom. The Kier molecular flexibility index (Phi) is 3.12. The minimum atomic E-state index is -1.09. The summed E-state index contributed by atoms with van der Waals surface area (Å²) in [6.45, 7) is 2.38. The fourth-order valence-electron chi connectivity index (χ4n) is 3.71. The van der Waals surface area contributed by atoms with Crippen LogP contribution in [0.25, 0.3) is 0 Å². The number of carbonyl (C=O) groups is 2. The van der Waals surface area contributed by atoms with Gasteiger partial charge in [0.05, 0.1) is 32.2 Å². The van der Waals surface area contributed by atoms with Crippen molar-refractivity contribution in [3.8, 4) is 0 Å². The molecule has 116 valence electrons. The van der Waals surface area contributed by atoms with Gasteiger partial charge in [0.1, 0.15) is 18.3 Å². The summed E-state index contributed by atoms with van der Waals surface area (Å²) < 4.78 is 0.388. The van der Waals surface area contributed by atoms with Gasteiger partial charge in [-0.05, 0) is 18.9 Å². The minimum Gasteiger partial charge on any atom is -0.477 e. The lowest BCUT2D eigenvalue weighted by molar-refractivity contribution is -1.06. The molecule has 1 amide bonds. The zero-order chi connectivity index (χ0) is 15.5. The van der Waals surface area contributed by atoms with Crippen LogP contribution in [-0.2, 0) is 14.4 Å². The van der Waals surface area contributed by atoms with E-state index in [0.29, 0.717) is 16.6 Å². The number of carbonyl (C=O) groups excluding carboxylic acids is 1. The van der Waals surface area contributed by atoms with Gasteiger partial charge in [-0.15, -0.1) is 0 Å². The third-order valence-electron chi connectivity index (χ3n) is 4.70. The van der Waals surface area contributed by atoms with Gasteiger partial charge in [0, 0.05) is 6.42 Å². The number of aliphatic hydroxyl groups excluding tert-OH is 1. The van der Waals surface area contributed by atoms with Crippen LogP contribution in [0.4, 0.5) is 0 Å². The van der Waals surface area contributed by atoms with Crippen molar-refractivity contribution in [2.24, 2.45) is 5.92 Å². The van der Waals surface area contributed by atoms with Crippen molar-refractivity contribution in [1.82, 2.24) is 4.90 Å². The van der Waals surface area contributed by atoms with Gasteiger partial charge in [-0.3, -0.25) is 4.79 Å². The van der Waals surface area contributed by atoms with E-state index >= 15 is 0 Å². The summed E-state index contributed by atoms with van der Waals surface area (Å²) in [5.74, 6) is -1.89. The quantitative estimate of drug-likeness (QED) is 0.552. The largest absolute Gasteiger partial charge is 0.477 e. The standard InChI is InChI=1S/C14H20N2O5/c1-7(17)11-9-6-8(10-4-5-16(2,3)21-10)12(14(19)20)15(9)13(11)18/h7,9-11,17H,4-6H2,1-3H3/p+1/t7-,9-,10-,11-/m1/s1. The highest BCUT2D eigenvalue weighted by atomic mass is 16.7. The summed E-state index contributed by atoms with van der Waals surface area (Å²) in [4.78, 5) is 30.9. The van der Waals surface area contributed by atoms with Crippen LogP contribution in [0.5, 0.6) is 0 Å². The number of fused-ring (bicyclic) bond motifs is 1. The number of rotatable bonds is 3. The van der Waals surface area contributed by atoms with Crippen molar-refractivity contribution >= 4 is 11.9 Å². The highest BCUT2D eigenvalue weighted by Gasteiger charge is 2.58. The van der Waals surface area contributed by atoms with E-state index in [1.54, 1.807) is 6.92 Å². The van der Waals surface area contributed by atoms with E-state index in [1.165, 1.54) is 4.90 Å². The van der Waals surface area contributed by atoms with Crippen LogP contribution in [0, 0.1) is 5.92 Å². The molecule has 7 nitrogen and oxygen atoms in total. The lowest BCUT2D eigenvalue weighted by atomic mass is 9.82. The molecule has 7 heteroatoms. The molecule has 3 rings (SSSR count). The van der Waals surface area contributed by atoms with E-state index in [2.05, 4.69) is 0 Å². The molecule has 4 atom stereocenters. The molecule has 2 N–H and O–H groups in total. The van der Waals surface area contributed by atoms with E-state index < -0.39 is 18.0 Å². The topological polar surface area (TPSA) is 87.1 Å². The number of carboxylic acid groups (broad SMARTS) is 1. The van der Waals surface area contributed by atoms with Crippen molar-refractivity contribution in [2.45, 2.75) is 38.0 Å². The molecule has 0 spiro atoms. The average molecular weight is 297 g/mol. The smallest absolute Gasteiger partial charge is 0.352 e. The molecular formula is C14H21N2O5+. The Bertz CT molecular complexity index is 539. The molecule has 0 bridgehead atoms. The minimum absolute atomic E-state index is 0.0637. The van der Waals surface area contributed by atoms with E-state index in [9.17, 15) is 19.8 Å². The molecular weight excluding hydrogens is 276 g/mol. The van der Waals surface area contributed by atoms with E-state index in [1.807, 2.05) is 14.1 Å². The van der Waals surface area contributed by atoms with Gasteiger partial charge in [-0.2, -0.15) is 9.48 Å². The fourth-order valence-corrected chi connectivity index (χ4v) is 3.71. The molecule has 2 fully saturated rings. The van der Waals surface area contributed by atoms with Crippen LogP contribution in [0.15, 0.2) is 11.3 Å². The fraction of sp³-hybridized carbons (Fsp3) is 0.714. The van der Waals surface area contributed by atoms with E-state index in [0.717, 1.165) is 13.0 Å². The number of carboxylic acids is 1. The molecule has 3 heterocycles. The maximum atomic E-state index is 12.1. The Morgan fingerprint density at radius 1 is 1.48 bits per heavy atom. The second kappa shape index (κ2) is 4.53. The summed E-state index contributed by atoms with van der Waals surface area (Å²) in [5, 5.41) is 19.2. The number of β-lactam (4-membered cyclic amide) rings is 1. The molecule has 0 aromatic rings. The molecule has 3 aliphatic rings. The van der Waals surface area contributed by atoms with Crippen molar-refractivity contribution in [3.63, 3.8) is 0 Å². The van der Waals surface area contributed by atoms with Gasteiger partial charge in [-0.1, -0.05) is 0 Å². The molecule has 2 saturated heterocycles. The summed E-state index contributed by atoms with van der Waals surface area (Å²) >= 11 is 0. The van der Waals surface area contributed by atoms with Crippen LogP contribution in [0.1, 0.15) is 19.8 Å². The normalized spacial score (nSPS) is 35.7. The first-order valence-corrected chi connectivity index (χ1v) is 7.22. The van der Waals surface area contributed by atoms with Crippen LogP contribution < -0.4 is 0 Å². The lowest BCUT2D eigenvalue weighted by Crippen LogP contribution is -2.61. The predicted octanol–water partition coefficient (Wildman–Crippen LogP) is -0.283. The highest BCUT2D eigenvalue weighted by molar-refractivity contribution is 5.99. The monoisotopic (exact) mass is 297 g/mol. The third-order valence-corrected chi connectivity index (χ3v) is 4.70. The number of quaternary nitrogens is 1. The first-order chi connectivity index (χ1) is 9.73. The summed E-state index contributed by atoms with van der Waals surface area (Å²) in [7, 11) is 3.85. The molecule has 0 aromatic heterocycles. The zero-order valence-electron chi connectivity index (χ0n) is 12.4. The van der Waals surface area contributed by atoms with Gasteiger partial charge < -0.3 is 15.1 Å². The molecule has 0 saturated carbocycles. The SMILES string of the molecule is C[C@@H](O)[C@H]1C(=O)N2C(C(=O)O)=C([C@H]3CC[N+](C)(C)O3)C[C@H]12. The van der Waals surface area contributed by atoms with Crippen LogP contribution in [0.2, 0.25) is 0 Å². The van der Waals surface area contributed by atoms with Crippen LogP contribution >= 0.6 is 0 Å². The van der Waals surface area contributed by atoms with E-state index in [4.69, 9.17) is 4.84 Å². The highest BCUT2D eigenvalue weighted by Crippen LogP contribution is 2.46. The van der Waals surface area contributed by atoms with Gasteiger partial charge in [-0.25, -0.2) is 4.79 Å². The second-order valence-corrected chi connectivity index (χ2v) is 6.61. The number of nitrogens with zero attached hydrogens (tertiary/aromatic N) is 2. The van der Waals surface area contributed by atoms with Crippen LogP contribution in [0.3, 0.4) is 0 Å². The Labute approximate surface area is 122 Å². The van der Waals surface area contributed by atoms with Gasteiger partial charge in [0.15, 0.2) is 0 Å². The number of amides is 1. The molecule has 21 heavy (non-hydrogen) atoms. The Morgan fingerprint density at radius 3 is 2.62 bits per heavy atom. The number of hydrogen-bond donors (Lipinski definition) is 2. The number of aliphatic hydroxyl groups is 1. The first-order valence-electron chi connectivity index (χ1n) is 7.22. The summed E-state index contributed by atoms with van der Waals surface area (Å²) in [6, 6.07) is -0.238. The van der Waals surface area contributed by atoms with Gasteiger partial charge >= 0.3 is 5.97 Å². The van der Waals surface area contributed by atoms with E-state index in [-0.39, 0.29) is 23.8 Å². The summed E-state index contributed by atoms with van der Waals surface area (Å²) in [5.41, 5.74) is 0.751.